The van der Waals surface area contributed by atoms with E-state index in [0.717, 1.165) is 17.3 Å². The van der Waals surface area contributed by atoms with E-state index in [9.17, 15) is 18.0 Å². The lowest BCUT2D eigenvalue weighted by molar-refractivity contribution is -0.138. The second-order valence-corrected chi connectivity index (χ2v) is 9.14. The Bertz CT molecular complexity index is 1470. The largest absolute Gasteiger partial charge is 0.416 e. The van der Waals surface area contributed by atoms with Crippen LogP contribution in [0.3, 0.4) is 0 Å². The van der Waals surface area contributed by atoms with Crippen molar-refractivity contribution >= 4 is 11.6 Å². The van der Waals surface area contributed by atoms with E-state index in [1.807, 2.05) is 14.0 Å². The van der Waals surface area contributed by atoms with E-state index < -0.39 is 17.6 Å². The predicted octanol–water partition coefficient (Wildman–Crippen LogP) is 4.32. The first-order valence-corrected chi connectivity index (χ1v) is 11.4. The number of nitrogens with one attached hydrogen (secondary N) is 1. The molecule has 1 N–H and O–H groups in total. The maximum atomic E-state index is 13.7. The van der Waals surface area contributed by atoms with E-state index in [0.29, 0.717) is 29.2 Å². The third kappa shape index (κ3) is 5.38. The molecular weight excluding hydrogens is 485 g/mol. The molecule has 0 aliphatic heterocycles. The molecular formula is C25H27F3N8O. The Hall–Kier alpha value is -4.06. The van der Waals surface area contributed by atoms with Gasteiger partial charge in [0.2, 0.25) is 0 Å². The first kappa shape index (κ1) is 26.0. The van der Waals surface area contributed by atoms with Crippen LogP contribution in [0, 0.1) is 20.8 Å². The summed E-state index contributed by atoms with van der Waals surface area (Å²) >= 11 is 0. The quantitative estimate of drug-likeness (QED) is 0.414. The molecule has 0 saturated heterocycles. The van der Waals surface area contributed by atoms with E-state index in [4.69, 9.17) is 0 Å². The molecule has 0 aliphatic carbocycles. The summed E-state index contributed by atoms with van der Waals surface area (Å²) in [4.78, 5) is 19.1. The maximum absolute atomic E-state index is 13.7. The Morgan fingerprint density at radius 2 is 1.84 bits per heavy atom. The van der Waals surface area contributed by atoms with Gasteiger partial charge in [0.1, 0.15) is 5.69 Å². The maximum Gasteiger partial charge on any atom is 0.416 e. The number of hydrogen-bond donors (Lipinski definition) is 1. The molecule has 0 radical (unpaired) electrons. The molecule has 1 aromatic carbocycles. The van der Waals surface area contributed by atoms with Crippen molar-refractivity contribution < 1.29 is 18.0 Å². The smallest absolute Gasteiger partial charge is 0.322 e. The van der Waals surface area contributed by atoms with Gasteiger partial charge in [-0.1, -0.05) is 5.21 Å². The SMILES string of the molecule is Cc1ncc(C(=O)Nc2cc(CN(C)C)c(C)c(C(F)(F)F)c2)cc1-n1cc(-c2cnn(C)c2C)nn1. The average molecular weight is 513 g/mol. The zero-order chi connectivity index (χ0) is 27.1. The Morgan fingerprint density at radius 3 is 2.46 bits per heavy atom. The molecule has 1 amide bonds. The van der Waals surface area contributed by atoms with E-state index in [1.54, 1.807) is 55.1 Å². The number of pyridine rings is 1. The van der Waals surface area contributed by atoms with Crippen LogP contribution in [-0.4, -0.2) is 54.7 Å². The highest BCUT2D eigenvalue weighted by Crippen LogP contribution is 2.36. The molecule has 3 heterocycles. The highest BCUT2D eigenvalue weighted by atomic mass is 19.4. The number of nitrogens with zero attached hydrogens (tertiary/aromatic N) is 7. The molecule has 4 aromatic rings. The van der Waals surface area contributed by atoms with E-state index in [-0.39, 0.29) is 16.8 Å². The van der Waals surface area contributed by atoms with Crippen molar-refractivity contribution in [3.8, 4) is 16.9 Å². The number of amides is 1. The lowest BCUT2D eigenvalue weighted by atomic mass is 10.00. The van der Waals surface area contributed by atoms with Gasteiger partial charge in [0.15, 0.2) is 0 Å². The Labute approximate surface area is 211 Å². The van der Waals surface area contributed by atoms with Crippen molar-refractivity contribution in [3.05, 3.63) is 70.4 Å². The molecule has 0 aliphatic rings. The van der Waals surface area contributed by atoms with Crippen LogP contribution >= 0.6 is 0 Å². The minimum Gasteiger partial charge on any atom is -0.322 e. The van der Waals surface area contributed by atoms with Crippen molar-refractivity contribution in [1.82, 2.24) is 34.7 Å². The van der Waals surface area contributed by atoms with Gasteiger partial charge in [-0.3, -0.25) is 14.5 Å². The molecule has 9 nitrogen and oxygen atoms in total. The number of benzene rings is 1. The molecule has 12 heteroatoms. The fourth-order valence-corrected chi connectivity index (χ4v) is 3.98. The number of aryl methyl sites for hydroxylation is 2. The molecule has 0 spiro atoms. The van der Waals surface area contributed by atoms with Gasteiger partial charge in [0, 0.05) is 36.7 Å². The van der Waals surface area contributed by atoms with Crippen LogP contribution in [0.4, 0.5) is 18.9 Å². The summed E-state index contributed by atoms with van der Waals surface area (Å²) in [5.74, 6) is -0.593. The van der Waals surface area contributed by atoms with Crippen LogP contribution < -0.4 is 5.32 Å². The monoisotopic (exact) mass is 512 g/mol. The lowest BCUT2D eigenvalue weighted by Crippen LogP contribution is -2.18. The number of halogens is 3. The molecule has 0 atom stereocenters. The Kier molecular flexibility index (Phi) is 6.87. The van der Waals surface area contributed by atoms with Crippen molar-refractivity contribution in [2.45, 2.75) is 33.5 Å². The van der Waals surface area contributed by atoms with Crippen LogP contribution in [-0.2, 0) is 19.8 Å². The van der Waals surface area contributed by atoms with Crippen molar-refractivity contribution in [2.75, 3.05) is 19.4 Å². The summed E-state index contributed by atoms with van der Waals surface area (Å²) in [7, 11) is 5.36. The molecule has 37 heavy (non-hydrogen) atoms. The lowest BCUT2D eigenvalue weighted by Gasteiger charge is -2.19. The van der Waals surface area contributed by atoms with E-state index >= 15 is 0 Å². The topological polar surface area (TPSA) is 93.8 Å². The van der Waals surface area contributed by atoms with Gasteiger partial charge in [-0.2, -0.15) is 18.3 Å². The molecule has 0 bridgehead atoms. The summed E-state index contributed by atoms with van der Waals surface area (Å²) in [5.41, 5.74) is 3.48. The zero-order valence-electron chi connectivity index (χ0n) is 21.3. The highest BCUT2D eigenvalue weighted by molar-refractivity contribution is 6.04. The van der Waals surface area contributed by atoms with Gasteiger partial charge in [0.25, 0.3) is 5.91 Å². The fraction of sp³-hybridized carbons (Fsp3) is 0.320. The average Bonchev–Trinajstić information content (AvgIpc) is 3.42. The van der Waals surface area contributed by atoms with Gasteiger partial charge in [-0.25, -0.2) is 4.68 Å². The number of rotatable bonds is 6. The van der Waals surface area contributed by atoms with Crippen molar-refractivity contribution in [2.24, 2.45) is 7.05 Å². The predicted molar refractivity (Wildman–Crippen MR) is 132 cm³/mol. The first-order chi connectivity index (χ1) is 17.3. The van der Waals surface area contributed by atoms with Gasteiger partial charge < -0.3 is 10.2 Å². The van der Waals surface area contributed by atoms with Crippen LogP contribution in [0.5, 0.6) is 0 Å². The molecule has 4 rings (SSSR count). The number of alkyl halides is 3. The molecule has 0 fully saturated rings. The number of carbonyl (C=O) groups excluding carboxylic acids is 1. The number of aromatic nitrogens is 6. The third-order valence-electron chi connectivity index (χ3n) is 6.14. The Morgan fingerprint density at radius 1 is 1.11 bits per heavy atom. The summed E-state index contributed by atoms with van der Waals surface area (Å²) in [6.45, 7) is 5.40. The van der Waals surface area contributed by atoms with Crippen LogP contribution in [0.2, 0.25) is 0 Å². The first-order valence-electron chi connectivity index (χ1n) is 11.4. The highest BCUT2D eigenvalue weighted by Gasteiger charge is 2.34. The zero-order valence-corrected chi connectivity index (χ0v) is 21.3. The van der Waals surface area contributed by atoms with Crippen LogP contribution in [0.1, 0.15) is 38.4 Å². The minimum atomic E-state index is -4.55. The van der Waals surface area contributed by atoms with E-state index in [2.05, 4.69) is 25.7 Å². The summed E-state index contributed by atoms with van der Waals surface area (Å²) in [6, 6.07) is 4.09. The van der Waals surface area contributed by atoms with Crippen LogP contribution in [0.25, 0.3) is 16.9 Å². The van der Waals surface area contributed by atoms with Crippen LogP contribution in [0.15, 0.2) is 36.8 Å². The molecule has 0 saturated carbocycles. The third-order valence-corrected chi connectivity index (χ3v) is 6.14. The number of hydrogen-bond acceptors (Lipinski definition) is 6. The normalized spacial score (nSPS) is 11.8. The standard InChI is InChI=1S/C25H27F3N8O/c1-14-18(12-34(4)5)7-19(9-21(14)25(26,27)28)31-24(37)17-8-23(15(2)29-10-17)36-13-22(32-33-36)20-11-30-35(6)16(20)3/h7-11,13H,12H2,1-6H3,(H,31,37). The summed E-state index contributed by atoms with van der Waals surface area (Å²) in [5, 5.41) is 15.2. The number of anilines is 1. The van der Waals surface area contributed by atoms with Gasteiger partial charge in [-0.15, -0.1) is 5.10 Å². The van der Waals surface area contributed by atoms with Gasteiger partial charge >= 0.3 is 6.18 Å². The fourth-order valence-electron chi connectivity index (χ4n) is 3.98. The van der Waals surface area contributed by atoms with Crippen molar-refractivity contribution in [3.63, 3.8) is 0 Å². The van der Waals surface area contributed by atoms with Crippen molar-refractivity contribution in [1.29, 1.82) is 0 Å². The van der Waals surface area contributed by atoms with E-state index in [1.165, 1.54) is 17.8 Å². The minimum absolute atomic E-state index is 0.0528. The Balaban J connectivity index is 1.65. The second kappa shape index (κ2) is 9.77. The number of carbonyl (C=O) groups is 1. The molecule has 194 valence electrons. The second-order valence-electron chi connectivity index (χ2n) is 9.14. The van der Waals surface area contributed by atoms with Gasteiger partial charge in [0.05, 0.1) is 34.9 Å². The molecule has 3 aromatic heterocycles. The molecule has 0 unspecified atom stereocenters. The van der Waals surface area contributed by atoms with Gasteiger partial charge in [-0.05, 0) is 64.2 Å². The summed E-state index contributed by atoms with van der Waals surface area (Å²) < 4.78 is 44.3. The summed E-state index contributed by atoms with van der Waals surface area (Å²) in [6.07, 6.45) is 0.220.